The van der Waals surface area contributed by atoms with Gasteiger partial charge in [-0.1, -0.05) is 30.3 Å². The average molecular weight is 380 g/mol. The minimum Gasteiger partial charge on any atom is -0.464 e. The van der Waals surface area contributed by atoms with E-state index in [2.05, 4.69) is 10.1 Å². The van der Waals surface area contributed by atoms with Crippen molar-refractivity contribution < 1.29 is 14.3 Å². The highest BCUT2D eigenvalue weighted by Gasteiger charge is 2.25. The molecule has 7 heteroatoms. The van der Waals surface area contributed by atoms with Crippen LogP contribution in [0.5, 0.6) is 5.88 Å². The van der Waals surface area contributed by atoms with Crippen LogP contribution in [0, 0.1) is 6.92 Å². The van der Waals surface area contributed by atoms with Gasteiger partial charge in [-0.3, -0.25) is 9.48 Å². The van der Waals surface area contributed by atoms with Crippen LogP contribution in [0.4, 0.5) is 0 Å². The zero-order valence-electron chi connectivity index (χ0n) is 16.4. The summed E-state index contributed by atoms with van der Waals surface area (Å²) in [5, 5.41) is 5.51. The van der Waals surface area contributed by atoms with E-state index in [1.807, 2.05) is 50.4 Å². The Morgan fingerprint density at radius 1 is 1.21 bits per heavy atom. The van der Waals surface area contributed by atoms with Crippen molar-refractivity contribution in [3.8, 4) is 17.0 Å². The molecule has 4 rings (SSSR count). The van der Waals surface area contributed by atoms with Crippen LogP contribution in [0.25, 0.3) is 22.2 Å². The van der Waals surface area contributed by atoms with Gasteiger partial charge in [-0.2, -0.15) is 10.1 Å². The van der Waals surface area contributed by atoms with Crippen molar-refractivity contribution in [3.63, 3.8) is 0 Å². The first-order valence-electron chi connectivity index (χ1n) is 9.47. The first-order chi connectivity index (χ1) is 13.5. The lowest BCUT2D eigenvalue weighted by Crippen LogP contribution is -2.46. The van der Waals surface area contributed by atoms with Crippen molar-refractivity contribution in [1.29, 1.82) is 0 Å². The minimum absolute atomic E-state index is 0.0485. The lowest BCUT2D eigenvalue weighted by atomic mass is 10.0. The number of pyridine rings is 1. The van der Waals surface area contributed by atoms with Gasteiger partial charge in [0.1, 0.15) is 0 Å². The number of carbonyl (C=O) groups excluding carboxylic acids is 1. The summed E-state index contributed by atoms with van der Waals surface area (Å²) in [6.07, 6.45) is -0.624. The summed E-state index contributed by atoms with van der Waals surface area (Å²) in [5.41, 5.74) is 3.70. The molecule has 1 fully saturated rings. The van der Waals surface area contributed by atoms with Crippen LogP contribution in [-0.2, 0) is 16.6 Å². The third-order valence-corrected chi connectivity index (χ3v) is 5.00. The van der Waals surface area contributed by atoms with Crippen LogP contribution >= 0.6 is 0 Å². The van der Waals surface area contributed by atoms with Crippen LogP contribution in [0.3, 0.4) is 0 Å². The molecule has 0 saturated carbocycles. The number of morpholine rings is 1. The lowest BCUT2D eigenvalue weighted by Gasteiger charge is -2.29. The van der Waals surface area contributed by atoms with E-state index in [-0.39, 0.29) is 5.91 Å². The molecule has 1 amide bonds. The van der Waals surface area contributed by atoms with Crippen molar-refractivity contribution in [2.45, 2.75) is 20.0 Å². The maximum Gasteiger partial charge on any atom is 0.263 e. The molecule has 1 unspecified atom stereocenters. The molecule has 0 N–H and O–H groups in total. The maximum absolute atomic E-state index is 12.7. The summed E-state index contributed by atoms with van der Waals surface area (Å²) in [6.45, 7) is 6.05. The summed E-state index contributed by atoms with van der Waals surface area (Å²) in [7, 11) is 1.86. The highest BCUT2D eigenvalue weighted by atomic mass is 16.5. The lowest BCUT2D eigenvalue weighted by molar-refractivity contribution is -0.142. The molecule has 1 aliphatic heterocycles. The van der Waals surface area contributed by atoms with Gasteiger partial charge in [-0.25, -0.2) is 0 Å². The third kappa shape index (κ3) is 3.45. The molecule has 3 aromatic rings. The van der Waals surface area contributed by atoms with Crippen molar-refractivity contribution in [1.82, 2.24) is 19.7 Å². The minimum atomic E-state index is -0.624. The smallest absolute Gasteiger partial charge is 0.263 e. The number of aromatic nitrogens is 3. The van der Waals surface area contributed by atoms with E-state index in [1.54, 1.807) is 16.5 Å². The van der Waals surface area contributed by atoms with Gasteiger partial charge >= 0.3 is 0 Å². The first kappa shape index (κ1) is 18.4. The van der Waals surface area contributed by atoms with Gasteiger partial charge in [-0.15, -0.1) is 0 Å². The normalized spacial score (nSPS) is 15.6. The second-order valence-electron chi connectivity index (χ2n) is 6.98. The molecular weight excluding hydrogens is 356 g/mol. The van der Waals surface area contributed by atoms with E-state index in [0.29, 0.717) is 32.2 Å². The number of hydrogen-bond acceptors (Lipinski definition) is 5. The second kappa shape index (κ2) is 7.59. The van der Waals surface area contributed by atoms with E-state index in [1.165, 1.54) is 0 Å². The van der Waals surface area contributed by atoms with E-state index in [9.17, 15) is 4.79 Å². The second-order valence-corrected chi connectivity index (χ2v) is 6.98. The topological polar surface area (TPSA) is 69.5 Å². The zero-order chi connectivity index (χ0) is 19.7. The summed E-state index contributed by atoms with van der Waals surface area (Å²) < 4.78 is 13.0. The Labute approximate surface area is 163 Å². The Balaban J connectivity index is 1.69. The Hall–Kier alpha value is -2.93. The molecule has 3 heterocycles. The van der Waals surface area contributed by atoms with E-state index in [4.69, 9.17) is 9.47 Å². The molecule has 0 radical (unpaired) electrons. The van der Waals surface area contributed by atoms with E-state index >= 15 is 0 Å². The monoisotopic (exact) mass is 380 g/mol. The van der Waals surface area contributed by atoms with Gasteiger partial charge in [0.15, 0.2) is 11.8 Å². The molecule has 146 valence electrons. The third-order valence-electron chi connectivity index (χ3n) is 5.00. The summed E-state index contributed by atoms with van der Waals surface area (Å²) >= 11 is 0. The molecule has 1 aromatic carbocycles. The molecule has 28 heavy (non-hydrogen) atoms. The fourth-order valence-corrected chi connectivity index (χ4v) is 3.60. The molecule has 1 aliphatic rings. The Bertz CT molecular complexity index is 994. The highest BCUT2D eigenvalue weighted by Crippen LogP contribution is 2.33. The maximum atomic E-state index is 12.7. The van der Waals surface area contributed by atoms with Gasteiger partial charge in [0.2, 0.25) is 5.88 Å². The number of carbonyl (C=O) groups is 1. The van der Waals surface area contributed by atoms with Gasteiger partial charge in [-0.05, 0) is 25.0 Å². The summed E-state index contributed by atoms with van der Waals surface area (Å²) in [6, 6.07) is 12.0. The molecule has 0 spiro atoms. The molecule has 1 atom stereocenters. The van der Waals surface area contributed by atoms with E-state index in [0.717, 1.165) is 27.9 Å². The fraction of sp³-hybridized carbons (Fsp3) is 0.381. The Morgan fingerprint density at radius 2 is 1.93 bits per heavy atom. The standard InChI is InChI=1S/C21H24N4O3/c1-14-19-17(16-7-5-4-6-8-16)13-18(22-20(19)24(3)23-14)28-15(2)21(26)25-9-11-27-12-10-25/h4-8,13,15H,9-12H2,1-3H3. The largest absolute Gasteiger partial charge is 0.464 e. The van der Waals surface area contributed by atoms with Crippen LogP contribution in [0.1, 0.15) is 12.6 Å². The number of rotatable bonds is 4. The van der Waals surface area contributed by atoms with Crippen molar-refractivity contribution in [2.24, 2.45) is 7.05 Å². The fourth-order valence-electron chi connectivity index (χ4n) is 3.60. The molecule has 0 aliphatic carbocycles. The quantitative estimate of drug-likeness (QED) is 0.696. The molecule has 0 bridgehead atoms. The average Bonchev–Trinajstić information content (AvgIpc) is 3.01. The highest BCUT2D eigenvalue weighted by molar-refractivity contribution is 5.95. The molecule has 2 aromatic heterocycles. The number of benzene rings is 1. The number of nitrogens with zero attached hydrogens (tertiary/aromatic N) is 4. The van der Waals surface area contributed by atoms with Gasteiger partial charge in [0, 0.05) is 26.2 Å². The number of ether oxygens (including phenoxy) is 2. The van der Waals surface area contributed by atoms with Gasteiger partial charge < -0.3 is 14.4 Å². The Morgan fingerprint density at radius 3 is 2.64 bits per heavy atom. The van der Waals surface area contributed by atoms with Crippen molar-refractivity contribution in [3.05, 3.63) is 42.1 Å². The summed E-state index contributed by atoms with van der Waals surface area (Å²) in [5.74, 6) is 0.371. The van der Waals surface area contributed by atoms with E-state index < -0.39 is 6.10 Å². The van der Waals surface area contributed by atoms with Crippen LogP contribution in [0.15, 0.2) is 36.4 Å². The number of aryl methyl sites for hydroxylation is 2. The van der Waals surface area contributed by atoms with Crippen molar-refractivity contribution >= 4 is 16.9 Å². The number of fused-ring (bicyclic) bond motifs is 1. The Kier molecular flexibility index (Phi) is 5.00. The number of amides is 1. The van der Waals surface area contributed by atoms with Gasteiger partial charge in [0.25, 0.3) is 5.91 Å². The summed E-state index contributed by atoms with van der Waals surface area (Å²) in [4.78, 5) is 19.1. The number of hydrogen-bond donors (Lipinski definition) is 0. The van der Waals surface area contributed by atoms with Gasteiger partial charge in [0.05, 0.1) is 24.3 Å². The predicted molar refractivity (Wildman–Crippen MR) is 106 cm³/mol. The SMILES string of the molecule is Cc1nn(C)c2nc(OC(C)C(=O)N3CCOCC3)cc(-c3ccccc3)c12. The van der Waals surface area contributed by atoms with Crippen molar-refractivity contribution in [2.75, 3.05) is 26.3 Å². The molecular formula is C21H24N4O3. The molecule has 7 nitrogen and oxygen atoms in total. The zero-order valence-corrected chi connectivity index (χ0v) is 16.4. The molecule has 1 saturated heterocycles. The predicted octanol–water partition coefficient (Wildman–Crippen LogP) is 2.57. The van der Waals surface area contributed by atoms with Crippen LogP contribution in [0.2, 0.25) is 0 Å². The van der Waals surface area contributed by atoms with Crippen LogP contribution < -0.4 is 4.74 Å². The first-order valence-corrected chi connectivity index (χ1v) is 9.47. The van der Waals surface area contributed by atoms with Crippen LogP contribution in [-0.4, -0.2) is 58.0 Å².